The highest BCUT2D eigenvalue weighted by atomic mass is 16.5. The van der Waals surface area contributed by atoms with Crippen molar-refractivity contribution in [2.45, 2.75) is 13.8 Å². The van der Waals surface area contributed by atoms with Gasteiger partial charge in [0, 0.05) is 0 Å². The lowest BCUT2D eigenvalue weighted by molar-refractivity contribution is 0.295. The molecule has 0 unspecified atom stereocenters. The minimum atomic E-state index is 0.376. The minimum Gasteiger partial charge on any atom is -0.476 e. The second kappa shape index (κ2) is 3.44. The van der Waals surface area contributed by atoms with Gasteiger partial charge in [0.2, 0.25) is 11.6 Å². The van der Waals surface area contributed by atoms with Gasteiger partial charge in [-0.15, -0.1) is 10.2 Å². The number of nitrogens with zero attached hydrogens (tertiary/aromatic N) is 4. The number of rotatable bonds is 3. The first-order chi connectivity index (χ1) is 6.83. The van der Waals surface area contributed by atoms with Gasteiger partial charge in [0.25, 0.3) is 5.88 Å². The summed E-state index contributed by atoms with van der Waals surface area (Å²) in [5, 5.41) is 17.1. The molecule has 0 saturated heterocycles. The van der Waals surface area contributed by atoms with Crippen LogP contribution in [0.3, 0.4) is 0 Å². The van der Waals surface area contributed by atoms with Crippen molar-refractivity contribution in [3.05, 3.63) is 5.56 Å². The van der Waals surface area contributed by atoms with Crippen LogP contribution in [-0.2, 0) is 0 Å². The predicted octanol–water partition coefficient (Wildman–Crippen LogP) is 0.562. The smallest absolute Gasteiger partial charge is 0.257 e. The van der Waals surface area contributed by atoms with Crippen molar-refractivity contribution in [1.82, 2.24) is 25.8 Å². The lowest BCUT2D eigenvalue weighted by Gasteiger charge is -1.95. The zero-order valence-corrected chi connectivity index (χ0v) is 7.81. The molecule has 0 amide bonds. The molecule has 0 spiro atoms. The highest BCUT2D eigenvalue weighted by molar-refractivity contribution is 5.53. The third-order valence-electron chi connectivity index (χ3n) is 1.71. The van der Waals surface area contributed by atoms with Gasteiger partial charge in [-0.3, -0.25) is 0 Å². The largest absolute Gasteiger partial charge is 0.476 e. The van der Waals surface area contributed by atoms with E-state index in [-0.39, 0.29) is 0 Å². The fourth-order valence-electron chi connectivity index (χ4n) is 1.06. The molecule has 0 radical (unpaired) electrons. The quantitative estimate of drug-likeness (QED) is 0.769. The lowest BCUT2D eigenvalue weighted by Crippen LogP contribution is -1.92. The van der Waals surface area contributed by atoms with Crippen molar-refractivity contribution < 1.29 is 9.26 Å². The first-order valence-electron chi connectivity index (χ1n) is 4.15. The number of ether oxygens (including phenoxy) is 1. The summed E-state index contributed by atoms with van der Waals surface area (Å²) in [5.74, 6) is 1.32. The van der Waals surface area contributed by atoms with Gasteiger partial charge in [0.15, 0.2) is 0 Å². The summed E-state index contributed by atoms with van der Waals surface area (Å²) in [6.45, 7) is 4.24. The Hall–Kier alpha value is -1.92. The molecule has 2 heterocycles. The number of aromatic nitrogens is 5. The second-order valence-corrected chi connectivity index (χ2v) is 2.61. The molecule has 2 aromatic heterocycles. The van der Waals surface area contributed by atoms with Crippen LogP contribution in [0.25, 0.3) is 11.6 Å². The Morgan fingerprint density at radius 2 is 2.36 bits per heavy atom. The molecule has 0 aliphatic carbocycles. The monoisotopic (exact) mass is 195 g/mol. The van der Waals surface area contributed by atoms with Crippen LogP contribution in [0.5, 0.6) is 5.88 Å². The molecule has 2 aromatic rings. The SMILES string of the molecule is CCOc1noc(-c2nn[nH]n2)c1C. The summed E-state index contributed by atoms with van der Waals surface area (Å²) in [7, 11) is 0. The zero-order chi connectivity index (χ0) is 9.97. The maximum atomic E-state index is 5.22. The Morgan fingerprint density at radius 1 is 1.50 bits per heavy atom. The molecule has 7 nitrogen and oxygen atoms in total. The highest BCUT2D eigenvalue weighted by Gasteiger charge is 2.17. The summed E-state index contributed by atoms with van der Waals surface area (Å²) in [4.78, 5) is 0. The van der Waals surface area contributed by atoms with Gasteiger partial charge < -0.3 is 9.26 Å². The summed E-state index contributed by atoms with van der Waals surface area (Å²) in [6, 6.07) is 0. The maximum Gasteiger partial charge on any atom is 0.257 e. The maximum absolute atomic E-state index is 5.22. The van der Waals surface area contributed by atoms with Crippen LogP contribution in [0.2, 0.25) is 0 Å². The van der Waals surface area contributed by atoms with Crippen molar-refractivity contribution in [2.75, 3.05) is 6.61 Å². The molecule has 2 rings (SSSR count). The van der Waals surface area contributed by atoms with Crippen molar-refractivity contribution in [1.29, 1.82) is 0 Å². The lowest BCUT2D eigenvalue weighted by atomic mass is 10.3. The van der Waals surface area contributed by atoms with E-state index in [0.29, 0.717) is 24.1 Å². The Morgan fingerprint density at radius 3 is 3.00 bits per heavy atom. The molecule has 0 saturated carbocycles. The van der Waals surface area contributed by atoms with Crippen molar-refractivity contribution in [3.63, 3.8) is 0 Å². The molecular weight excluding hydrogens is 186 g/mol. The average molecular weight is 195 g/mol. The van der Waals surface area contributed by atoms with Gasteiger partial charge in [0.05, 0.1) is 12.2 Å². The summed E-state index contributed by atoms with van der Waals surface area (Å²) in [6.07, 6.45) is 0. The number of hydrogen-bond donors (Lipinski definition) is 1. The molecular formula is C7H9N5O2. The molecule has 0 fully saturated rings. The van der Waals surface area contributed by atoms with E-state index in [0.717, 1.165) is 5.56 Å². The van der Waals surface area contributed by atoms with Gasteiger partial charge in [-0.25, -0.2) is 0 Å². The predicted molar refractivity (Wildman–Crippen MR) is 45.6 cm³/mol. The first-order valence-corrected chi connectivity index (χ1v) is 4.15. The Kier molecular flexibility index (Phi) is 2.13. The summed E-state index contributed by atoms with van der Waals surface area (Å²) < 4.78 is 10.3. The Labute approximate surface area is 79.4 Å². The molecule has 0 aromatic carbocycles. The highest BCUT2D eigenvalue weighted by Crippen LogP contribution is 2.26. The van der Waals surface area contributed by atoms with E-state index >= 15 is 0 Å². The normalized spacial score (nSPS) is 10.4. The van der Waals surface area contributed by atoms with Crippen molar-refractivity contribution in [2.24, 2.45) is 0 Å². The van der Waals surface area contributed by atoms with E-state index in [2.05, 4.69) is 25.8 Å². The van der Waals surface area contributed by atoms with Crippen molar-refractivity contribution >= 4 is 0 Å². The van der Waals surface area contributed by atoms with Crippen molar-refractivity contribution in [3.8, 4) is 17.5 Å². The van der Waals surface area contributed by atoms with E-state index in [1.54, 1.807) is 0 Å². The fourth-order valence-corrected chi connectivity index (χ4v) is 1.06. The van der Waals surface area contributed by atoms with Crippen LogP contribution in [0.1, 0.15) is 12.5 Å². The number of hydrogen-bond acceptors (Lipinski definition) is 6. The van der Waals surface area contributed by atoms with Crippen LogP contribution in [0, 0.1) is 6.92 Å². The molecule has 14 heavy (non-hydrogen) atoms. The third-order valence-corrected chi connectivity index (χ3v) is 1.71. The van der Waals surface area contributed by atoms with Gasteiger partial charge in [-0.05, 0) is 24.2 Å². The number of H-pyrrole nitrogens is 1. The number of nitrogens with one attached hydrogen (secondary N) is 1. The summed E-state index contributed by atoms with van der Waals surface area (Å²) in [5.41, 5.74) is 0.772. The number of tetrazole rings is 1. The summed E-state index contributed by atoms with van der Waals surface area (Å²) >= 11 is 0. The molecule has 7 heteroatoms. The van der Waals surface area contributed by atoms with Crippen LogP contribution in [0.4, 0.5) is 0 Å². The number of aromatic amines is 1. The van der Waals surface area contributed by atoms with E-state index in [4.69, 9.17) is 9.26 Å². The Bertz CT molecular complexity index is 408. The molecule has 1 N–H and O–H groups in total. The standard InChI is InChI=1S/C7H9N5O2/c1-3-13-7-4(2)5(14-10-7)6-8-11-12-9-6/h3H2,1-2H3,(H,8,9,11,12). The van der Waals surface area contributed by atoms with Gasteiger partial charge in [0.1, 0.15) is 0 Å². The fraction of sp³-hybridized carbons (Fsp3) is 0.429. The van der Waals surface area contributed by atoms with Gasteiger partial charge in [-0.1, -0.05) is 0 Å². The molecule has 0 atom stereocenters. The molecule has 0 aliphatic heterocycles. The van der Waals surface area contributed by atoms with Crippen LogP contribution in [-0.4, -0.2) is 32.4 Å². The van der Waals surface area contributed by atoms with E-state index in [9.17, 15) is 0 Å². The van der Waals surface area contributed by atoms with Gasteiger partial charge >= 0.3 is 0 Å². The third kappa shape index (κ3) is 1.32. The van der Waals surface area contributed by atoms with Crippen LogP contribution >= 0.6 is 0 Å². The minimum absolute atomic E-state index is 0.376. The van der Waals surface area contributed by atoms with Crippen LogP contribution < -0.4 is 4.74 Å². The van der Waals surface area contributed by atoms with E-state index in [1.165, 1.54) is 0 Å². The van der Waals surface area contributed by atoms with Gasteiger partial charge in [-0.2, -0.15) is 5.21 Å². The molecule has 0 bridgehead atoms. The Balaban J connectivity index is 2.36. The second-order valence-electron chi connectivity index (χ2n) is 2.61. The zero-order valence-electron chi connectivity index (χ0n) is 7.81. The molecule has 74 valence electrons. The first kappa shape index (κ1) is 8.67. The average Bonchev–Trinajstić information content (AvgIpc) is 2.77. The van der Waals surface area contributed by atoms with E-state index < -0.39 is 0 Å². The molecule has 0 aliphatic rings. The topological polar surface area (TPSA) is 89.7 Å². The van der Waals surface area contributed by atoms with E-state index in [1.807, 2.05) is 13.8 Å². The van der Waals surface area contributed by atoms with Crippen LogP contribution in [0.15, 0.2) is 4.52 Å².